The van der Waals surface area contributed by atoms with Gasteiger partial charge in [-0.2, -0.15) is 15.1 Å². The Balaban J connectivity index is 1.28. The maximum Gasteiger partial charge on any atom is 0.238 e. The summed E-state index contributed by atoms with van der Waals surface area (Å²) in [6, 6.07) is 3.02. The molecule has 5 rings (SSSR count). The van der Waals surface area contributed by atoms with Crippen LogP contribution in [0.5, 0.6) is 0 Å². The molecule has 0 radical (unpaired) electrons. The highest BCUT2D eigenvalue weighted by Gasteiger charge is 2.50. The molecule has 1 fully saturated rings. The third-order valence-corrected chi connectivity index (χ3v) is 6.06. The summed E-state index contributed by atoms with van der Waals surface area (Å²) < 4.78 is 34.9. The lowest BCUT2D eigenvalue weighted by Crippen LogP contribution is -2.10. The van der Waals surface area contributed by atoms with E-state index in [-0.39, 0.29) is 47.7 Å². The molecule has 0 amide bonds. The van der Waals surface area contributed by atoms with Crippen molar-refractivity contribution in [3.63, 3.8) is 0 Å². The lowest BCUT2D eigenvalue weighted by molar-refractivity contribution is 0.0970. The average molecular weight is 480 g/mol. The maximum absolute atomic E-state index is 15.0. The number of carbonyl (C=O) groups excluding carboxylic acids is 1. The van der Waals surface area contributed by atoms with E-state index in [2.05, 4.69) is 35.5 Å². The molecule has 180 valence electrons. The predicted octanol–water partition coefficient (Wildman–Crippen LogP) is 3.66. The Labute approximate surface area is 198 Å². The van der Waals surface area contributed by atoms with E-state index in [1.54, 1.807) is 30.2 Å². The first kappa shape index (κ1) is 22.7. The number of rotatable bonds is 9. The van der Waals surface area contributed by atoms with Crippen LogP contribution in [0.4, 0.5) is 20.4 Å². The normalized spacial score (nSPS) is 14.2. The minimum Gasteiger partial charge on any atom is -0.338 e. The molecule has 1 aliphatic carbocycles. The van der Waals surface area contributed by atoms with Crippen molar-refractivity contribution in [1.29, 1.82) is 0 Å². The molecule has 1 saturated carbocycles. The van der Waals surface area contributed by atoms with Gasteiger partial charge in [-0.15, -0.1) is 0 Å². The molecule has 35 heavy (non-hydrogen) atoms. The van der Waals surface area contributed by atoms with Crippen LogP contribution in [0.15, 0.2) is 35.4 Å². The first-order valence-corrected chi connectivity index (χ1v) is 11.0. The summed E-state index contributed by atoms with van der Waals surface area (Å²) in [7, 11) is 1.78. The number of Topliss-reactive ketones (excluding diaryl/α,β-unsaturated/α-hetero) is 1. The van der Waals surface area contributed by atoms with Crippen LogP contribution in [0.1, 0.15) is 46.9 Å². The minimum atomic E-state index is -0.719. The third kappa shape index (κ3) is 4.63. The Kier molecular flexibility index (Phi) is 5.79. The number of hydrogen-bond donors (Lipinski definition) is 1. The fraction of sp³-hybridized carbons (Fsp3) is 0.348. The Morgan fingerprint density at radius 3 is 2.80 bits per heavy atom. The summed E-state index contributed by atoms with van der Waals surface area (Å²) >= 11 is 0. The maximum atomic E-state index is 15.0. The van der Waals surface area contributed by atoms with E-state index in [4.69, 9.17) is 4.52 Å². The first-order chi connectivity index (χ1) is 16.9. The lowest BCUT2D eigenvalue weighted by Gasteiger charge is -2.10. The van der Waals surface area contributed by atoms with Gasteiger partial charge in [0.05, 0.1) is 22.9 Å². The fourth-order valence-electron chi connectivity index (χ4n) is 3.73. The number of benzene rings is 1. The van der Waals surface area contributed by atoms with Crippen LogP contribution in [0.25, 0.3) is 11.4 Å². The summed E-state index contributed by atoms with van der Waals surface area (Å²) in [5, 5.41) is 10.8. The molecule has 0 bridgehead atoms. The quantitative estimate of drug-likeness (QED) is 0.357. The summed E-state index contributed by atoms with van der Waals surface area (Å²) in [5.41, 5.74) is 1.63. The van der Waals surface area contributed by atoms with Gasteiger partial charge in [-0.05, 0) is 49.4 Å². The van der Waals surface area contributed by atoms with Crippen molar-refractivity contribution in [2.75, 3.05) is 12.0 Å². The highest BCUT2D eigenvalue weighted by molar-refractivity contribution is 5.92. The molecular formula is C23H22F2N8O2. The summed E-state index contributed by atoms with van der Waals surface area (Å²) in [5.74, 6) is -0.331. The zero-order valence-electron chi connectivity index (χ0n) is 19.1. The van der Waals surface area contributed by atoms with Crippen LogP contribution < -0.4 is 5.32 Å². The van der Waals surface area contributed by atoms with Gasteiger partial charge in [0.25, 0.3) is 0 Å². The summed E-state index contributed by atoms with van der Waals surface area (Å²) in [6.45, 7) is 1.24. The molecule has 3 heterocycles. The standard InChI is InChI=1S/C23H22F2N8O2/c1-13-7-16(19-26-12-27-22(31-19)29-15-9-28-33(2)10-15)17(25)8-14(13)3-4-18(34)20-30-21(35-32-20)23(11-24)5-6-23/h7-10,12H,3-6,11H2,1-2H3,(H,26,27,29,31). The Bertz CT molecular complexity index is 1400. The van der Waals surface area contributed by atoms with Crippen LogP contribution in [0.2, 0.25) is 0 Å². The summed E-state index contributed by atoms with van der Waals surface area (Å²) in [4.78, 5) is 29.1. The fourth-order valence-corrected chi connectivity index (χ4v) is 3.73. The van der Waals surface area contributed by atoms with Crippen molar-refractivity contribution in [1.82, 2.24) is 34.9 Å². The van der Waals surface area contributed by atoms with E-state index in [9.17, 15) is 9.18 Å². The molecular weight excluding hydrogens is 458 g/mol. The first-order valence-electron chi connectivity index (χ1n) is 11.0. The van der Waals surface area contributed by atoms with Crippen molar-refractivity contribution < 1.29 is 18.1 Å². The zero-order valence-corrected chi connectivity index (χ0v) is 19.1. The topological polar surface area (TPSA) is 125 Å². The number of aryl methyl sites for hydroxylation is 3. The lowest BCUT2D eigenvalue weighted by atomic mass is 9.99. The highest BCUT2D eigenvalue weighted by atomic mass is 19.1. The van der Waals surface area contributed by atoms with E-state index >= 15 is 4.39 Å². The number of halogens is 2. The number of nitrogens with zero attached hydrogens (tertiary/aromatic N) is 7. The molecule has 0 atom stereocenters. The number of anilines is 2. The monoisotopic (exact) mass is 480 g/mol. The van der Waals surface area contributed by atoms with Crippen LogP contribution >= 0.6 is 0 Å². The number of hydrogen-bond acceptors (Lipinski definition) is 9. The van der Waals surface area contributed by atoms with Gasteiger partial charge in [-0.3, -0.25) is 9.48 Å². The van der Waals surface area contributed by atoms with Crippen molar-refractivity contribution in [2.45, 2.75) is 38.0 Å². The summed E-state index contributed by atoms with van der Waals surface area (Å²) in [6.07, 6.45) is 6.28. The van der Waals surface area contributed by atoms with Crippen LogP contribution in [-0.4, -0.2) is 47.3 Å². The zero-order chi connectivity index (χ0) is 24.6. The second-order valence-electron chi connectivity index (χ2n) is 8.68. The van der Waals surface area contributed by atoms with Crippen molar-refractivity contribution in [3.8, 4) is 11.4 Å². The van der Waals surface area contributed by atoms with E-state index in [0.29, 0.717) is 24.1 Å². The van der Waals surface area contributed by atoms with Crippen molar-refractivity contribution in [2.24, 2.45) is 7.05 Å². The number of nitrogens with one attached hydrogen (secondary N) is 1. The van der Waals surface area contributed by atoms with Gasteiger partial charge < -0.3 is 9.84 Å². The van der Waals surface area contributed by atoms with Gasteiger partial charge >= 0.3 is 0 Å². The number of aromatic nitrogens is 7. The molecule has 12 heteroatoms. The molecule has 0 spiro atoms. The molecule has 1 aliphatic rings. The molecule has 4 aromatic rings. The SMILES string of the molecule is Cc1cc(-c2ncnc(Nc3cnn(C)c3)n2)c(F)cc1CCC(=O)c1noc(C2(CF)CC2)n1. The smallest absolute Gasteiger partial charge is 0.238 e. The van der Waals surface area contributed by atoms with Crippen LogP contribution in [0.3, 0.4) is 0 Å². The van der Waals surface area contributed by atoms with Crippen LogP contribution in [-0.2, 0) is 18.9 Å². The molecule has 0 saturated heterocycles. The minimum absolute atomic E-state index is 0.0617. The largest absolute Gasteiger partial charge is 0.338 e. The third-order valence-electron chi connectivity index (χ3n) is 6.06. The van der Waals surface area contributed by atoms with E-state index in [1.807, 2.05) is 6.92 Å². The predicted molar refractivity (Wildman–Crippen MR) is 120 cm³/mol. The van der Waals surface area contributed by atoms with Gasteiger partial charge in [0, 0.05) is 19.7 Å². The molecule has 0 unspecified atom stereocenters. The van der Waals surface area contributed by atoms with Crippen LogP contribution in [0, 0.1) is 12.7 Å². The van der Waals surface area contributed by atoms with E-state index < -0.39 is 17.9 Å². The Morgan fingerprint density at radius 1 is 1.26 bits per heavy atom. The molecule has 10 nitrogen and oxygen atoms in total. The Morgan fingerprint density at radius 2 is 2.09 bits per heavy atom. The Hall–Kier alpha value is -4.09. The van der Waals surface area contributed by atoms with Crippen molar-refractivity contribution >= 4 is 17.4 Å². The van der Waals surface area contributed by atoms with Gasteiger partial charge in [-0.25, -0.2) is 18.7 Å². The van der Waals surface area contributed by atoms with Gasteiger partial charge in [0.1, 0.15) is 18.8 Å². The van der Waals surface area contributed by atoms with Gasteiger partial charge in [0.2, 0.25) is 23.4 Å². The number of alkyl halides is 1. The second kappa shape index (κ2) is 8.93. The number of ketones is 1. The van der Waals surface area contributed by atoms with E-state index in [0.717, 1.165) is 5.56 Å². The van der Waals surface area contributed by atoms with Gasteiger partial charge in [0.15, 0.2) is 5.82 Å². The van der Waals surface area contributed by atoms with Gasteiger partial charge in [-0.1, -0.05) is 5.16 Å². The molecule has 1 N–H and O–H groups in total. The van der Waals surface area contributed by atoms with Crippen molar-refractivity contribution in [3.05, 3.63) is 59.5 Å². The second-order valence-corrected chi connectivity index (χ2v) is 8.68. The highest BCUT2D eigenvalue weighted by Crippen LogP contribution is 2.47. The number of carbonyl (C=O) groups is 1. The molecule has 0 aliphatic heterocycles. The van der Waals surface area contributed by atoms with E-state index in [1.165, 1.54) is 12.4 Å². The molecule has 3 aromatic heterocycles. The average Bonchev–Trinajstić information content (AvgIpc) is 3.28. The molecule has 1 aromatic carbocycles.